The number of aromatic nitrogens is 2. The fourth-order valence-electron chi connectivity index (χ4n) is 2.85. The lowest BCUT2D eigenvalue weighted by atomic mass is 10.1. The fourth-order valence-corrected chi connectivity index (χ4v) is 4.04. The van der Waals surface area contributed by atoms with Crippen LogP contribution in [-0.2, 0) is 29.0 Å². The molecular weight excluding hydrogens is 302 g/mol. The molecule has 118 valence electrons. The number of amides is 1. The fraction of sp³-hybridized carbons (Fsp3) is 0.533. The van der Waals surface area contributed by atoms with Gasteiger partial charge >= 0.3 is 0 Å². The zero-order valence-corrected chi connectivity index (χ0v) is 13.6. The Morgan fingerprint density at radius 3 is 3.05 bits per heavy atom. The van der Waals surface area contributed by atoms with Gasteiger partial charge in [0.2, 0.25) is 5.91 Å². The van der Waals surface area contributed by atoms with Crippen LogP contribution in [0.4, 0.5) is 0 Å². The van der Waals surface area contributed by atoms with E-state index in [0.29, 0.717) is 26.1 Å². The molecule has 2 aromatic heterocycles. The molecule has 3 rings (SSSR count). The van der Waals surface area contributed by atoms with Crippen molar-refractivity contribution >= 4 is 27.5 Å². The SMILES string of the molecule is CCCn1cnc2sc3c(c2c1=O)CCN(C(=O)COC)C3. The van der Waals surface area contributed by atoms with Gasteiger partial charge in [0.1, 0.15) is 11.4 Å². The zero-order valence-electron chi connectivity index (χ0n) is 12.8. The number of hydrogen-bond donors (Lipinski definition) is 0. The van der Waals surface area contributed by atoms with Gasteiger partial charge in [-0.2, -0.15) is 0 Å². The lowest BCUT2D eigenvalue weighted by Crippen LogP contribution is -2.37. The van der Waals surface area contributed by atoms with E-state index in [0.717, 1.165) is 27.1 Å². The summed E-state index contributed by atoms with van der Waals surface area (Å²) in [6.07, 6.45) is 3.24. The molecule has 1 aliphatic rings. The van der Waals surface area contributed by atoms with Crippen LogP contribution < -0.4 is 5.56 Å². The van der Waals surface area contributed by atoms with Crippen LogP contribution in [-0.4, -0.2) is 40.6 Å². The van der Waals surface area contributed by atoms with E-state index in [1.807, 2.05) is 6.92 Å². The molecule has 1 amide bonds. The van der Waals surface area contributed by atoms with Crippen LogP contribution in [0.5, 0.6) is 0 Å². The van der Waals surface area contributed by atoms with E-state index in [2.05, 4.69) is 4.98 Å². The first kappa shape index (κ1) is 15.2. The molecule has 0 unspecified atom stereocenters. The van der Waals surface area contributed by atoms with Gasteiger partial charge in [-0.1, -0.05) is 6.92 Å². The summed E-state index contributed by atoms with van der Waals surface area (Å²) in [5, 5.41) is 0.745. The smallest absolute Gasteiger partial charge is 0.262 e. The predicted octanol–water partition coefficient (Wildman–Crippen LogP) is 1.40. The highest BCUT2D eigenvalue weighted by Gasteiger charge is 2.26. The van der Waals surface area contributed by atoms with Crippen LogP contribution in [0.1, 0.15) is 23.8 Å². The number of nitrogens with zero attached hydrogens (tertiary/aromatic N) is 3. The van der Waals surface area contributed by atoms with Crippen LogP contribution in [0.25, 0.3) is 10.2 Å². The van der Waals surface area contributed by atoms with E-state index in [1.165, 1.54) is 18.4 Å². The molecule has 0 fully saturated rings. The Balaban J connectivity index is 1.99. The summed E-state index contributed by atoms with van der Waals surface area (Å²) in [5.41, 5.74) is 1.12. The van der Waals surface area contributed by atoms with Gasteiger partial charge in [0.25, 0.3) is 5.56 Å². The minimum Gasteiger partial charge on any atom is -0.375 e. The number of fused-ring (bicyclic) bond motifs is 3. The summed E-state index contributed by atoms with van der Waals surface area (Å²) in [7, 11) is 1.52. The largest absolute Gasteiger partial charge is 0.375 e. The molecule has 6 nitrogen and oxygen atoms in total. The van der Waals surface area contributed by atoms with E-state index in [9.17, 15) is 9.59 Å². The average molecular weight is 321 g/mol. The topological polar surface area (TPSA) is 64.4 Å². The third-order valence-electron chi connectivity index (χ3n) is 3.91. The van der Waals surface area contributed by atoms with Crippen LogP contribution >= 0.6 is 11.3 Å². The minimum atomic E-state index is -0.0121. The van der Waals surface area contributed by atoms with Gasteiger partial charge in [-0.25, -0.2) is 4.98 Å². The highest BCUT2D eigenvalue weighted by molar-refractivity contribution is 7.18. The molecule has 0 aromatic carbocycles. The molecule has 0 radical (unpaired) electrons. The van der Waals surface area contributed by atoms with Gasteiger partial charge in [0, 0.05) is 25.1 Å². The van der Waals surface area contributed by atoms with Crippen molar-refractivity contribution in [2.24, 2.45) is 0 Å². The standard InChI is InChI=1S/C15H19N3O3S/c1-3-5-18-9-16-14-13(15(18)20)10-4-6-17(7-11(10)22-14)12(19)8-21-2/h9H,3-8H2,1-2H3. The first-order valence-electron chi connectivity index (χ1n) is 7.42. The van der Waals surface area contributed by atoms with Crippen LogP contribution in [0.2, 0.25) is 0 Å². The minimum absolute atomic E-state index is 0.0121. The Hall–Kier alpha value is -1.73. The molecule has 0 saturated carbocycles. The Morgan fingerprint density at radius 1 is 1.50 bits per heavy atom. The molecular formula is C15H19N3O3S. The van der Waals surface area contributed by atoms with Crippen molar-refractivity contribution in [3.8, 4) is 0 Å². The molecule has 0 saturated heterocycles. The number of ether oxygens (including phenoxy) is 1. The van der Waals surface area contributed by atoms with Crippen LogP contribution in [0, 0.1) is 0 Å². The Kier molecular flexibility index (Phi) is 4.26. The normalized spacial score (nSPS) is 14.4. The second kappa shape index (κ2) is 6.18. The first-order chi connectivity index (χ1) is 10.7. The van der Waals surface area contributed by atoms with Crippen molar-refractivity contribution in [1.82, 2.24) is 14.5 Å². The second-order valence-electron chi connectivity index (χ2n) is 5.43. The molecule has 1 aliphatic heterocycles. The van der Waals surface area contributed by atoms with Crippen molar-refractivity contribution in [3.05, 3.63) is 27.1 Å². The van der Waals surface area contributed by atoms with E-state index < -0.39 is 0 Å². The van der Waals surface area contributed by atoms with Gasteiger partial charge in [-0.05, 0) is 18.4 Å². The van der Waals surface area contributed by atoms with Gasteiger partial charge in [-0.3, -0.25) is 14.2 Å². The number of carbonyl (C=O) groups is 1. The maximum Gasteiger partial charge on any atom is 0.262 e. The number of hydrogen-bond acceptors (Lipinski definition) is 5. The van der Waals surface area contributed by atoms with Crippen molar-refractivity contribution < 1.29 is 9.53 Å². The average Bonchev–Trinajstić information content (AvgIpc) is 2.88. The Labute approximate surface area is 132 Å². The van der Waals surface area contributed by atoms with E-state index in [-0.39, 0.29) is 18.1 Å². The Bertz CT molecular complexity index is 765. The molecule has 0 bridgehead atoms. The first-order valence-corrected chi connectivity index (χ1v) is 8.23. The monoisotopic (exact) mass is 321 g/mol. The number of thiophene rings is 1. The van der Waals surface area contributed by atoms with Crippen molar-refractivity contribution in [3.63, 3.8) is 0 Å². The quantitative estimate of drug-likeness (QED) is 0.854. The summed E-state index contributed by atoms with van der Waals surface area (Å²) < 4.78 is 6.59. The molecule has 0 spiro atoms. The molecule has 3 heterocycles. The lowest BCUT2D eigenvalue weighted by molar-refractivity contribution is -0.136. The van der Waals surface area contributed by atoms with Gasteiger partial charge < -0.3 is 9.64 Å². The van der Waals surface area contributed by atoms with Crippen molar-refractivity contribution in [1.29, 1.82) is 0 Å². The predicted molar refractivity (Wildman–Crippen MR) is 85.2 cm³/mol. The third kappa shape index (κ3) is 2.55. The highest BCUT2D eigenvalue weighted by atomic mass is 32.1. The van der Waals surface area contributed by atoms with Crippen LogP contribution in [0.15, 0.2) is 11.1 Å². The molecule has 0 aliphatic carbocycles. The van der Waals surface area contributed by atoms with Gasteiger partial charge in [-0.15, -0.1) is 11.3 Å². The Morgan fingerprint density at radius 2 is 2.32 bits per heavy atom. The molecule has 0 atom stereocenters. The van der Waals surface area contributed by atoms with E-state index in [4.69, 9.17) is 4.74 Å². The van der Waals surface area contributed by atoms with E-state index >= 15 is 0 Å². The summed E-state index contributed by atoms with van der Waals surface area (Å²) in [6, 6.07) is 0. The highest BCUT2D eigenvalue weighted by Crippen LogP contribution is 2.32. The molecule has 0 N–H and O–H groups in total. The van der Waals surface area contributed by atoms with E-state index in [1.54, 1.807) is 15.8 Å². The summed E-state index contributed by atoms with van der Waals surface area (Å²) in [6.45, 7) is 4.00. The molecule has 22 heavy (non-hydrogen) atoms. The summed E-state index contributed by atoms with van der Waals surface area (Å²) >= 11 is 1.52. The summed E-state index contributed by atoms with van der Waals surface area (Å²) in [5.74, 6) is -0.0121. The molecule has 7 heteroatoms. The maximum absolute atomic E-state index is 12.6. The maximum atomic E-state index is 12.6. The van der Waals surface area contributed by atoms with Crippen LogP contribution in [0.3, 0.4) is 0 Å². The summed E-state index contributed by atoms with van der Waals surface area (Å²) in [4.78, 5) is 32.6. The van der Waals surface area contributed by atoms with Gasteiger partial charge in [0.05, 0.1) is 18.3 Å². The number of aryl methyl sites for hydroxylation is 1. The number of carbonyl (C=O) groups excluding carboxylic acids is 1. The third-order valence-corrected chi connectivity index (χ3v) is 5.04. The second-order valence-corrected chi connectivity index (χ2v) is 6.51. The lowest BCUT2D eigenvalue weighted by Gasteiger charge is -2.26. The zero-order chi connectivity index (χ0) is 15.7. The number of methoxy groups -OCH3 is 1. The van der Waals surface area contributed by atoms with Crippen molar-refractivity contribution in [2.75, 3.05) is 20.3 Å². The van der Waals surface area contributed by atoms with Gasteiger partial charge in [0.15, 0.2) is 0 Å². The van der Waals surface area contributed by atoms with Crippen molar-refractivity contribution in [2.45, 2.75) is 32.9 Å². The molecule has 2 aromatic rings. The number of rotatable bonds is 4.